The van der Waals surface area contributed by atoms with E-state index in [2.05, 4.69) is 17.0 Å². The Kier molecular flexibility index (Phi) is 9.27. The highest BCUT2D eigenvalue weighted by molar-refractivity contribution is 8.00. The largest absolute Gasteiger partial charge is 0.337 e. The lowest BCUT2D eigenvalue weighted by atomic mass is 10.2. The maximum Gasteiger partial charge on any atom is 0.254 e. The summed E-state index contributed by atoms with van der Waals surface area (Å²) in [6.07, 6.45) is 2.23. The molecule has 0 saturated carbocycles. The van der Waals surface area contributed by atoms with Gasteiger partial charge in [-0.2, -0.15) is 0 Å². The molecule has 0 aliphatic carbocycles. The maximum atomic E-state index is 14.2. The second-order valence-electron chi connectivity index (χ2n) is 5.87. The van der Waals surface area contributed by atoms with Gasteiger partial charge in [-0.1, -0.05) is 45.2 Å². The van der Waals surface area contributed by atoms with Crippen LogP contribution in [-0.4, -0.2) is 10.3 Å². The first-order valence-corrected chi connectivity index (χ1v) is 10.0. The van der Waals surface area contributed by atoms with Gasteiger partial charge in [-0.25, -0.2) is 4.39 Å². The quantitative estimate of drug-likeness (QED) is 0.473. The summed E-state index contributed by atoms with van der Waals surface area (Å²) in [5, 5.41) is 3.06. The molecule has 0 aliphatic rings. The summed E-state index contributed by atoms with van der Waals surface area (Å²) in [4.78, 5) is 12.2. The van der Waals surface area contributed by atoms with Crippen LogP contribution in [0, 0.1) is 19.7 Å². The Hall–Kier alpha value is -1.95. The van der Waals surface area contributed by atoms with Crippen molar-refractivity contribution in [2.45, 2.75) is 47.5 Å². The molecule has 2 rings (SSSR count). The predicted octanol–water partition coefficient (Wildman–Crippen LogP) is 5.77. The molecule has 26 heavy (non-hydrogen) atoms. The molecule has 0 aliphatic heterocycles. The van der Waals surface area contributed by atoms with Gasteiger partial charge in [-0.3, -0.25) is 9.36 Å². The summed E-state index contributed by atoms with van der Waals surface area (Å²) >= 11 is 1.59. The summed E-state index contributed by atoms with van der Waals surface area (Å²) in [7, 11) is 1.69. The fraction of sp³-hybridized carbons (Fsp3) is 0.450. The standard InChI is InChI=1S/C18H24FN3OS.C2H6/c1-5-6-9-24-21-16-11-13(3)18(23)22(4)17(16)20-15-8-7-12(2)10-14(15)19;1-2/h7-8,10-11,20-21H,5-6,9H2,1-4H3;1-2H3. The van der Waals surface area contributed by atoms with Crippen molar-refractivity contribution in [2.24, 2.45) is 7.05 Å². The average Bonchev–Trinajstić information content (AvgIpc) is 2.63. The van der Waals surface area contributed by atoms with Gasteiger partial charge in [-0.15, -0.1) is 0 Å². The number of nitrogens with zero attached hydrogens (tertiary/aromatic N) is 1. The molecule has 0 spiro atoms. The van der Waals surface area contributed by atoms with Crippen LogP contribution < -0.4 is 15.6 Å². The zero-order valence-corrected chi connectivity index (χ0v) is 17.4. The zero-order valence-electron chi connectivity index (χ0n) is 16.6. The van der Waals surface area contributed by atoms with Crippen molar-refractivity contribution in [2.75, 3.05) is 15.8 Å². The Labute approximate surface area is 160 Å². The summed E-state index contributed by atoms with van der Waals surface area (Å²) < 4.78 is 18.9. The molecule has 0 atom stereocenters. The van der Waals surface area contributed by atoms with E-state index in [1.54, 1.807) is 38.1 Å². The summed E-state index contributed by atoms with van der Waals surface area (Å²) in [6, 6.07) is 6.79. The van der Waals surface area contributed by atoms with Crippen LogP contribution in [0.3, 0.4) is 0 Å². The van der Waals surface area contributed by atoms with Crippen molar-refractivity contribution < 1.29 is 4.39 Å². The minimum absolute atomic E-state index is 0.103. The molecule has 0 fully saturated rings. The Morgan fingerprint density at radius 3 is 2.46 bits per heavy atom. The molecule has 0 unspecified atom stereocenters. The van der Waals surface area contributed by atoms with Crippen molar-refractivity contribution in [1.82, 2.24) is 4.57 Å². The van der Waals surface area contributed by atoms with Crippen LogP contribution in [0.25, 0.3) is 0 Å². The average molecular weight is 380 g/mol. The smallest absolute Gasteiger partial charge is 0.254 e. The van der Waals surface area contributed by atoms with Gasteiger partial charge < -0.3 is 10.0 Å². The van der Waals surface area contributed by atoms with Gasteiger partial charge in [-0.05, 0) is 44.0 Å². The van der Waals surface area contributed by atoms with Crippen molar-refractivity contribution in [1.29, 1.82) is 0 Å². The lowest BCUT2D eigenvalue weighted by Gasteiger charge is -2.18. The number of rotatable bonds is 7. The van der Waals surface area contributed by atoms with Crippen LogP contribution in [-0.2, 0) is 7.05 Å². The number of pyridine rings is 1. The Bertz CT molecular complexity index is 774. The molecule has 4 nitrogen and oxygen atoms in total. The molecule has 0 saturated heterocycles. The number of halogens is 1. The topological polar surface area (TPSA) is 46.1 Å². The monoisotopic (exact) mass is 379 g/mol. The predicted molar refractivity (Wildman–Crippen MR) is 113 cm³/mol. The molecule has 0 radical (unpaired) electrons. The summed E-state index contributed by atoms with van der Waals surface area (Å²) in [5.41, 5.74) is 2.52. The molecule has 1 aromatic carbocycles. The van der Waals surface area contributed by atoms with Crippen molar-refractivity contribution >= 4 is 29.1 Å². The van der Waals surface area contributed by atoms with Crippen LogP contribution >= 0.6 is 11.9 Å². The normalized spacial score (nSPS) is 10.1. The van der Waals surface area contributed by atoms with E-state index in [0.717, 1.165) is 29.8 Å². The molecule has 6 heteroatoms. The third-order valence-corrected chi connectivity index (χ3v) is 4.61. The van der Waals surface area contributed by atoms with Crippen LogP contribution in [0.15, 0.2) is 29.1 Å². The molecule has 2 aromatic rings. The Morgan fingerprint density at radius 1 is 1.15 bits per heavy atom. The maximum absolute atomic E-state index is 14.2. The van der Waals surface area contributed by atoms with E-state index in [1.807, 2.05) is 26.8 Å². The number of unbranched alkanes of at least 4 members (excludes halogenated alkanes) is 1. The lowest BCUT2D eigenvalue weighted by Crippen LogP contribution is -2.22. The van der Waals surface area contributed by atoms with E-state index < -0.39 is 0 Å². The third-order valence-electron chi connectivity index (χ3n) is 3.75. The first kappa shape index (κ1) is 22.1. The van der Waals surface area contributed by atoms with Gasteiger partial charge in [0.25, 0.3) is 5.56 Å². The van der Waals surface area contributed by atoms with E-state index in [4.69, 9.17) is 0 Å². The minimum Gasteiger partial charge on any atom is -0.337 e. The van der Waals surface area contributed by atoms with Crippen LogP contribution in [0.5, 0.6) is 0 Å². The number of aromatic nitrogens is 1. The summed E-state index contributed by atoms with van der Waals surface area (Å²) in [5.74, 6) is 1.18. The Morgan fingerprint density at radius 2 is 1.85 bits per heavy atom. The molecule has 0 bridgehead atoms. The van der Waals surface area contributed by atoms with E-state index in [9.17, 15) is 9.18 Å². The van der Waals surface area contributed by atoms with Gasteiger partial charge in [0.1, 0.15) is 11.6 Å². The molecule has 0 amide bonds. The van der Waals surface area contributed by atoms with E-state index >= 15 is 0 Å². The highest BCUT2D eigenvalue weighted by atomic mass is 32.2. The number of anilines is 3. The number of aryl methyl sites for hydroxylation is 2. The molecular formula is C20H30FN3OS. The van der Waals surface area contributed by atoms with E-state index in [1.165, 1.54) is 10.6 Å². The van der Waals surface area contributed by atoms with E-state index in [-0.39, 0.29) is 11.4 Å². The van der Waals surface area contributed by atoms with Gasteiger partial charge >= 0.3 is 0 Å². The SMILES string of the molecule is CC.CCCCSNc1cc(C)c(=O)n(C)c1Nc1ccc(C)cc1F. The fourth-order valence-corrected chi connectivity index (χ4v) is 3.16. The van der Waals surface area contributed by atoms with Crippen molar-refractivity contribution in [3.63, 3.8) is 0 Å². The molecule has 1 heterocycles. The van der Waals surface area contributed by atoms with Crippen molar-refractivity contribution in [3.05, 3.63) is 51.6 Å². The van der Waals surface area contributed by atoms with Gasteiger partial charge in [0.2, 0.25) is 0 Å². The number of hydrogen-bond acceptors (Lipinski definition) is 4. The molecule has 1 aromatic heterocycles. The Balaban J connectivity index is 0.00000163. The fourth-order valence-electron chi connectivity index (χ4n) is 2.32. The third kappa shape index (κ3) is 5.80. The van der Waals surface area contributed by atoms with Gasteiger partial charge in [0.05, 0.1) is 11.4 Å². The highest BCUT2D eigenvalue weighted by Crippen LogP contribution is 2.28. The minimum atomic E-state index is -0.340. The first-order valence-electron chi connectivity index (χ1n) is 9.05. The van der Waals surface area contributed by atoms with Gasteiger partial charge in [0.15, 0.2) is 0 Å². The number of nitrogens with one attached hydrogen (secondary N) is 2. The van der Waals surface area contributed by atoms with Crippen molar-refractivity contribution in [3.8, 4) is 0 Å². The molecule has 2 N–H and O–H groups in total. The van der Waals surface area contributed by atoms with E-state index in [0.29, 0.717) is 17.1 Å². The highest BCUT2D eigenvalue weighted by Gasteiger charge is 2.13. The lowest BCUT2D eigenvalue weighted by molar-refractivity contribution is 0.630. The second-order valence-corrected chi connectivity index (χ2v) is 6.77. The molecular weight excluding hydrogens is 349 g/mol. The zero-order chi connectivity index (χ0) is 19.7. The molecule has 144 valence electrons. The number of benzene rings is 1. The summed E-state index contributed by atoms with van der Waals surface area (Å²) in [6.45, 7) is 9.76. The van der Waals surface area contributed by atoms with Crippen LogP contribution in [0.1, 0.15) is 44.7 Å². The van der Waals surface area contributed by atoms with Crippen LogP contribution in [0.2, 0.25) is 0 Å². The van der Waals surface area contributed by atoms with Crippen LogP contribution in [0.4, 0.5) is 21.6 Å². The first-order chi connectivity index (χ1) is 12.4. The van der Waals surface area contributed by atoms with Gasteiger partial charge in [0, 0.05) is 18.4 Å². The second kappa shape index (κ2) is 10.9. The number of hydrogen-bond donors (Lipinski definition) is 2.